The minimum Gasteiger partial charge on any atom is -0.497 e. The number of nitrogens with zero attached hydrogens (tertiary/aromatic N) is 1. The van der Waals surface area contributed by atoms with Crippen LogP contribution >= 0.6 is 0 Å². The molecule has 114 valence electrons. The Bertz CT molecular complexity index is 828. The van der Waals surface area contributed by atoms with Crippen LogP contribution in [-0.4, -0.2) is 17.5 Å². The van der Waals surface area contributed by atoms with Crippen LogP contribution in [0.15, 0.2) is 29.8 Å². The van der Waals surface area contributed by atoms with Crippen LogP contribution in [0.3, 0.4) is 0 Å². The number of ether oxygens (including phenoxy) is 1. The van der Waals surface area contributed by atoms with Gasteiger partial charge in [0.25, 0.3) is 0 Å². The molecule has 0 saturated heterocycles. The summed E-state index contributed by atoms with van der Waals surface area (Å²) in [4.78, 5) is 11.8. The van der Waals surface area contributed by atoms with Gasteiger partial charge in [-0.2, -0.15) is 0 Å². The zero-order valence-corrected chi connectivity index (χ0v) is 13.4. The zero-order chi connectivity index (χ0) is 15.5. The van der Waals surface area contributed by atoms with Gasteiger partial charge in [0.2, 0.25) is 0 Å². The Morgan fingerprint density at radius 3 is 2.91 bits per heavy atom. The van der Waals surface area contributed by atoms with Crippen molar-refractivity contribution in [3.05, 3.63) is 41.1 Å². The summed E-state index contributed by atoms with van der Waals surface area (Å²) < 4.78 is 7.73. The third kappa shape index (κ3) is 1.65. The van der Waals surface area contributed by atoms with E-state index in [9.17, 15) is 4.79 Å². The van der Waals surface area contributed by atoms with E-state index in [0.717, 1.165) is 18.6 Å². The average molecular weight is 295 g/mol. The first-order valence-corrected chi connectivity index (χ1v) is 7.91. The largest absolute Gasteiger partial charge is 0.497 e. The van der Waals surface area contributed by atoms with Gasteiger partial charge in [-0.3, -0.25) is 4.79 Å². The Morgan fingerprint density at radius 2 is 2.14 bits per heavy atom. The second-order valence-electron chi connectivity index (χ2n) is 6.75. The second-order valence-corrected chi connectivity index (χ2v) is 6.75. The van der Waals surface area contributed by atoms with Crippen molar-refractivity contribution >= 4 is 16.7 Å². The van der Waals surface area contributed by atoms with Gasteiger partial charge in [-0.05, 0) is 36.6 Å². The molecule has 2 aliphatic rings. The number of hydrogen-bond acceptors (Lipinski definition) is 2. The lowest BCUT2D eigenvalue weighted by atomic mass is 9.65. The van der Waals surface area contributed by atoms with Gasteiger partial charge in [0.1, 0.15) is 11.5 Å². The predicted molar refractivity (Wildman–Crippen MR) is 87.5 cm³/mol. The van der Waals surface area contributed by atoms with Crippen LogP contribution in [0.4, 0.5) is 0 Å². The van der Waals surface area contributed by atoms with Crippen molar-refractivity contribution in [2.75, 3.05) is 7.11 Å². The number of Topliss-reactive ketones (excluding diaryl/α,β-unsaturated/α-hetero) is 1. The highest BCUT2D eigenvalue weighted by Crippen LogP contribution is 2.48. The van der Waals surface area contributed by atoms with Crippen LogP contribution in [0.1, 0.15) is 37.4 Å². The number of benzene rings is 1. The molecule has 0 aliphatic heterocycles. The number of carbonyl (C=O) groups is 1. The van der Waals surface area contributed by atoms with E-state index >= 15 is 0 Å². The van der Waals surface area contributed by atoms with Gasteiger partial charge >= 0.3 is 0 Å². The molecule has 2 aliphatic carbocycles. The summed E-state index contributed by atoms with van der Waals surface area (Å²) in [5.41, 5.74) is 5.35. The summed E-state index contributed by atoms with van der Waals surface area (Å²) >= 11 is 0. The molecule has 1 aromatic carbocycles. The van der Waals surface area contributed by atoms with E-state index in [1.807, 2.05) is 6.07 Å². The molecule has 1 unspecified atom stereocenters. The van der Waals surface area contributed by atoms with E-state index < -0.39 is 0 Å². The van der Waals surface area contributed by atoms with Crippen LogP contribution in [0.25, 0.3) is 10.9 Å². The lowest BCUT2D eigenvalue weighted by Gasteiger charge is -2.40. The molecule has 1 heterocycles. The number of hydrogen-bond donors (Lipinski definition) is 0. The maximum atomic E-state index is 11.8. The van der Waals surface area contributed by atoms with Crippen molar-refractivity contribution in [3.8, 4) is 5.75 Å². The first kappa shape index (κ1) is 13.6. The molecule has 2 aromatic rings. The van der Waals surface area contributed by atoms with Gasteiger partial charge in [-0.25, -0.2) is 0 Å². The molecule has 0 N–H and O–H groups in total. The van der Waals surface area contributed by atoms with Crippen molar-refractivity contribution in [1.29, 1.82) is 0 Å². The first-order chi connectivity index (χ1) is 10.5. The minimum atomic E-state index is 0.00248. The summed E-state index contributed by atoms with van der Waals surface area (Å²) in [5, 5.41) is 1.28. The van der Waals surface area contributed by atoms with E-state index in [2.05, 4.69) is 36.7 Å². The van der Waals surface area contributed by atoms with E-state index in [1.54, 1.807) is 7.11 Å². The molecule has 22 heavy (non-hydrogen) atoms. The standard InChI is InChI=1S/C19H21NO2/c1-19-9-8-13(21)10-12(19)4-6-15-16-11-14(22-3)5-7-17(16)20(2)18(15)19/h4-5,7,11H,6,8-10H2,1-3H3. The predicted octanol–water partition coefficient (Wildman–Crippen LogP) is 3.68. The van der Waals surface area contributed by atoms with E-state index in [1.165, 1.54) is 27.7 Å². The fourth-order valence-electron chi connectivity index (χ4n) is 4.38. The molecule has 1 fully saturated rings. The molecule has 3 heteroatoms. The zero-order valence-electron chi connectivity index (χ0n) is 13.4. The van der Waals surface area contributed by atoms with Crippen LogP contribution in [0, 0.1) is 0 Å². The van der Waals surface area contributed by atoms with E-state index in [-0.39, 0.29) is 5.41 Å². The number of allylic oxidation sites excluding steroid dienone is 2. The van der Waals surface area contributed by atoms with Crippen LogP contribution < -0.4 is 4.74 Å². The van der Waals surface area contributed by atoms with Crippen LogP contribution in [0.2, 0.25) is 0 Å². The molecule has 1 atom stereocenters. The van der Waals surface area contributed by atoms with Gasteiger partial charge in [0.05, 0.1) is 7.11 Å². The third-order valence-electron chi connectivity index (χ3n) is 5.59. The summed E-state index contributed by atoms with van der Waals surface area (Å²) in [6, 6.07) is 6.31. The molecule has 0 amide bonds. The number of ketones is 1. The van der Waals surface area contributed by atoms with Gasteiger partial charge in [-0.1, -0.05) is 18.6 Å². The number of methoxy groups -OCH3 is 1. The summed E-state index contributed by atoms with van der Waals surface area (Å²) in [7, 11) is 3.86. The van der Waals surface area contributed by atoms with E-state index in [4.69, 9.17) is 4.74 Å². The molecule has 3 nitrogen and oxygen atoms in total. The third-order valence-corrected chi connectivity index (χ3v) is 5.59. The monoisotopic (exact) mass is 295 g/mol. The first-order valence-electron chi connectivity index (χ1n) is 7.91. The molecule has 4 rings (SSSR count). The van der Waals surface area contributed by atoms with Gasteiger partial charge < -0.3 is 9.30 Å². The lowest BCUT2D eigenvalue weighted by Crippen LogP contribution is -2.36. The highest BCUT2D eigenvalue weighted by molar-refractivity contribution is 5.90. The summed E-state index contributed by atoms with van der Waals surface area (Å²) in [6.07, 6.45) is 5.45. The summed E-state index contributed by atoms with van der Waals surface area (Å²) in [6.45, 7) is 2.30. The van der Waals surface area contributed by atoms with Gasteiger partial charge in [-0.15, -0.1) is 0 Å². The molecule has 1 aromatic heterocycles. The minimum absolute atomic E-state index is 0.00248. The molecular formula is C19H21NO2. The fraction of sp³-hybridized carbons (Fsp3) is 0.421. The Kier molecular flexibility index (Phi) is 2.77. The molecule has 0 bridgehead atoms. The topological polar surface area (TPSA) is 31.2 Å². The SMILES string of the molecule is COc1ccc2c(c1)c1c(n2C)C2(C)CCC(=O)CC2=CC1. The van der Waals surface area contributed by atoms with Gasteiger partial charge in [0.15, 0.2) is 0 Å². The number of aromatic nitrogens is 1. The highest BCUT2D eigenvalue weighted by atomic mass is 16.5. The summed E-state index contributed by atoms with van der Waals surface area (Å²) in [5.74, 6) is 1.28. The molecule has 0 radical (unpaired) electrons. The Balaban J connectivity index is 1.98. The van der Waals surface area contributed by atoms with Gasteiger partial charge in [0, 0.05) is 41.9 Å². The van der Waals surface area contributed by atoms with Crippen LogP contribution in [0.5, 0.6) is 5.75 Å². The van der Waals surface area contributed by atoms with E-state index in [0.29, 0.717) is 18.6 Å². The van der Waals surface area contributed by atoms with Crippen LogP contribution in [-0.2, 0) is 23.7 Å². The molecular weight excluding hydrogens is 274 g/mol. The van der Waals surface area contributed by atoms with Crippen molar-refractivity contribution in [2.45, 2.75) is 38.0 Å². The maximum absolute atomic E-state index is 11.8. The normalized spacial score (nSPS) is 24.0. The number of carbonyl (C=O) groups excluding carboxylic acids is 1. The highest BCUT2D eigenvalue weighted by Gasteiger charge is 2.42. The Labute approximate surface area is 130 Å². The second kappa shape index (κ2) is 4.48. The molecule has 0 spiro atoms. The molecule has 1 saturated carbocycles. The average Bonchev–Trinajstić information content (AvgIpc) is 2.81. The van der Waals surface area contributed by atoms with Crippen molar-refractivity contribution in [3.63, 3.8) is 0 Å². The maximum Gasteiger partial charge on any atom is 0.137 e. The quantitative estimate of drug-likeness (QED) is 0.752. The Morgan fingerprint density at radius 1 is 1.32 bits per heavy atom. The number of rotatable bonds is 1. The van der Waals surface area contributed by atoms with Crippen molar-refractivity contribution < 1.29 is 9.53 Å². The lowest BCUT2D eigenvalue weighted by molar-refractivity contribution is -0.119. The fourth-order valence-corrected chi connectivity index (χ4v) is 4.38. The van der Waals surface area contributed by atoms with Crippen molar-refractivity contribution in [2.24, 2.45) is 7.05 Å². The Hall–Kier alpha value is -2.03. The number of fused-ring (bicyclic) bond motifs is 5. The number of aryl methyl sites for hydroxylation is 1. The van der Waals surface area contributed by atoms with Crippen molar-refractivity contribution in [1.82, 2.24) is 4.57 Å². The smallest absolute Gasteiger partial charge is 0.137 e.